The lowest BCUT2D eigenvalue weighted by atomic mass is 9.65. The fourth-order valence-corrected chi connectivity index (χ4v) is 4.39. The predicted molar refractivity (Wildman–Crippen MR) is 124 cm³/mol. The van der Waals surface area contributed by atoms with Crippen LogP contribution in [0.2, 0.25) is 0 Å². The van der Waals surface area contributed by atoms with E-state index in [0.717, 1.165) is 12.3 Å². The maximum atomic E-state index is 13.2. The summed E-state index contributed by atoms with van der Waals surface area (Å²) in [5.74, 6) is 1.75. The fourth-order valence-electron chi connectivity index (χ4n) is 4.39. The van der Waals surface area contributed by atoms with Gasteiger partial charge in [0, 0.05) is 5.54 Å². The molecule has 0 saturated heterocycles. The third-order valence-electron chi connectivity index (χ3n) is 6.53. The second-order valence-corrected chi connectivity index (χ2v) is 11.1. The Labute approximate surface area is 180 Å². The summed E-state index contributed by atoms with van der Waals surface area (Å²) >= 11 is 0. The number of nitrogens with two attached hydrogens (primary N) is 1. The van der Waals surface area contributed by atoms with E-state index in [1.54, 1.807) is 0 Å². The van der Waals surface area contributed by atoms with E-state index in [4.69, 9.17) is 10.5 Å². The first-order valence-electron chi connectivity index (χ1n) is 11.7. The van der Waals surface area contributed by atoms with E-state index >= 15 is 0 Å². The van der Waals surface area contributed by atoms with Crippen molar-refractivity contribution in [1.82, 2.24) is 0 Å². The van der Waals surface area contributed by atoms with Gasteiger partial charge in [0.15, 0.2) is 0 Å². The van der Waals surface area contributed by atoms with Gasteiger partial charge in [0.1, 0.15) is 5.76 Å². The van der Waals surface area contributed by atoms with Gasteiger partial charge >= 0.3 is 5.97 Å². The summed E-state index contributed by atoms with van der Waals surface area (Å²) in [5, 5.41) is 0. The average Bonchev–Trinajstić information content (AvgIpc) is 2.60. The van der Waals surface area contributed by atoms with Gasteiger partial charge in [-0.2, -0.15) is 0 Å². The Hall–Kier alpha value is -1.09. The number of esters is 1. The summed E-state index contributed by atoms with van der Waals surface area (Å²) in [7, 11) is 0. The van der Waals surface area contributed by atoms with Gasteiger partial charge in [0.2, 0.25) is 0 Å². The number of carbonyl (C=O) groups is 1. The zero-order valence-electron chi connectivity index (χ0n) is 20.4. The van der Waals surface area contributed by atoms with Crippen LogP contribution in [0.4, 0.5) is 0 Å². The first kappa shape index (κ1) is 25.9. The maximum Gasteiger partial charge on any atom is 0.319 e. The number of carbonyl (C=O) groups excluding carboxylic acids is 1. The molecule has 0 fully saturated rings. The van der Waals surface area contributed by atoms with Crippen LogP contribution >= 0.6 is 0 Å². The fraction of sp³-hybridized carbons (Fsp3) is 0.808. The lowest BCUT2D eigenvalue weighted by molar-refractivity contribution is -0.156. The van der Waals surface area contributed by atoms with Gasteiger partial charge in [-0.05, 0) is 75.9 Å². The molecule has 0 bridgehead atoms. The quantitative estimate of drug-likeness (QED) is 0.371. The van der Waals surface area contributed by atoms with Crippen molar-refractivity contribution in [1.29, 1.82) is 0 Å². The molecular weight excluding hydrogens is 358 g/mol. The van der Waals surface area contributed by atoms with Gasteiger partial charge in [-0.15, -0.1) is 0 Å². The first-order valence-corrected chi connectivity index (χ1v) is 11.7. The normalized spacial score (nSPS) is 19.8. The Balaban J connectivity index is 2.84. The minimum Gasteiger partial charge on any atom is -0.426 e. The van der Waals surface area contributed by atoms with Crippen molar-refractivity contribution in [3.8, 4) is 0 Å². The maximum absolute atomic E-state index is 13.2. The van der Waals surface area contributed by atoms with E-state index in [1.807, 2.05) is 26.8 Å². The number of allylic oxidation sites excluding steroid dienone is 3. The van der Waals surface area contributed by atoms with E-state index in [-0.39, 0.29) is 11.4 Å². The van der Waals surface area contributed by atoms with Crippen molar-refractivity contribution in [3.63, 3.8) is 0 Å². The molecular formula is C26H47NO2. The molecule has 0 spiro atoms. The van der Waals surface area contributed by atoms with Crippen LogP contribution in [0.15, 0.2) is 24.0 Å². The molecule has 29 heavy (non-hydrogen) atoms. The van der Waals surface area contributed by atoms with Gasteiger partial charge < -0.3 is 10.5 Å². The highest BCUT2D eigenvalue weighted by Crippen LogP contribution is 2.42. The van der Waals surface area contributed by atoms with Crippen LogP contribution in [0.3, 0.4) is 0 Å². The molecule has 0 radical (unpaired) electrons. The zero-order chi connectivity index (χ0) is 22.3. The summed E-state index contributed by atoms with van der Waals surface area (Å²) in [6.07, 6.45) is 15.7. The molecule has 0 aliphatic heterocycles. The first-order chi connectivity index (χ1) is 13.3. The molecule has 1 aliphatic carbocycles. The SMILES string of the molecule is CCCCC(CCCC)C1C=CC(OC(=O)C(C)(CC(C)(C)C)C(C)(C)N)=CC1. The Morgan fingerprint density at radius 3 is 2.03 bits per heavy atom. The molecule has 168 valence electrons. The van der Waals surface area contributed by atoms with Gasteiger partial charge in [0.05, 0.1) is 5.41 Å². The zero-order valence-corrected chi connectivity index (χ0v) is 20.4. The Bertz CT molecular complexity index is 568. The van der Waals surface area contributed by atoms with Crippen LogP contribution in [-0.2, 0) is 9.53 Å². The van der Waals surface area contributed by atoms with Crippen molar-refractivity contribution >= 4 is 5.97 Å². The Morgan fingerprint density at radius 1 is 1.10 bits per heavy atom. The van der Waals surface area contributed by atoms with Gasteiger partial charge in [0.25, 0.3) is 0 Å². The highest BCUT2D eigenvalue weighted by molar-refractivity contribution is 5.79. The molecule has 1 rings (SSSR count). The molecule has 1 aliphatic rings. The predicted octanol–water partition coefficient (Wildman–Crippen LogP) is 7.17. The average molecular weight is 406 g/mol. The van der Waals surface area contributed by atoms with Crippen LogP contribution in [-0.4, -0.2) is 11.5 Å². The highest BCUT2D eigenvalue weighted by atomic mass is 16.5. The van der Waals surface area contributed by atoms with Crippen molar-refractivity contribution in [2.24, 2.45) is 28.4 Å². The molecule has 0 aromatic rings. The Morgan fingerprint density at radius 2 is 1.66 bits per heavy atom. The molecule has 2 atom stereocenters. The monoisotopic (exact) mass is 405 g/mol. The number of hydrogen-bond donors (Lipinski definition) is 1. The van der Waals surface area contributed by atoms with Gasteiger partial charge in [-0.1, -0.05) is 66.4 Å². The number of unbranched alkanes of at least 4 members (excludes halogenated alkanes) is 2. The van der Waals surface area contributed by atoms with Crippen LogP contribution in [0.1, 0.15) is 107 Å². The van der Waals surface area contributed by atoms with Crippen LogP contribution in [0, 0.1) is 22.7 Å². The third kappa shape index (κ3) is 7.92. The van der Waals surface area contributed by atoms with Crippen molar-refractivity contribution in [3.05, 3.63) is 24.0 Å². The molecule has 0 heterocycles. The third-order valence-corrected chi connectivity index (χ3v) is 6.53. The lowest BCUT2D eigenvalue weighted by Gasteiger charge is -2.43. The Kier molecular flexibility index (Phi) is 9.66. The van der Waals surface area contributed by atoms with Crippen molar-refractivity contribution in [2.45, 2.75) is 112 Å². The summed E-state index contributed by atoms with van der Waals surface area (Å²) in [6, 6.07) is 0. The van der Waals surface area contributed by atoms with Crippen molar-refractivity contribution < 1.29 is 9.53 Å². The van der Waals surface area contributed by atoms with Gasteiger partial charge in [-0.25, -0.2) is 0 Å². The lowest BCUT2D eigenvalue weighted by Crippen LogP contribution is -2.55. The molecule has 0 aromatic carbocycles. The standard InChI is InChI=1S/C26H47NO2/c1-9-11-13-20(14-12-10-2)21-15-17-22(18-16-21)29-23(28)26(8,25(6,7)27)19-24(3,4)5/h15,17-18,20-21H,9-14,16,19,27H2,1-8H3. The number of rotatable bonds is 11. The van der Waals surface area contributed by atoms with Crippen LogP contribution < -0.4 is 5.73 Å². The minimum atomic E-state index is -0.748. The summed E-state index contributed by atoms with van der Waals surface area (Å²) in [4.78, 5) is 13.2. The topological polar surface area (TPSA) is 52.3 Å². The van der Waals surface area contributed by atoms with E-state index in [2.05, 4.69) is 46.8 Å². The van der Waals surface area contributed by atoms with E-state index in [1.165, 1.54) is 38.5 Å². The van der Waals surface area contributed by atoms with E-state index < -0.39 is 11.0 Å². The summed E-state index contributed by atoms with van der Waals surface area (Å²) in [5.41, 5.74) is 5.02. The van der Waals surface area contributed by atoms with Crippen LogP contribution in [0.5, 0.6) is 0 Å². The minimum absolute atomic E-state index is 0.0158. The van der Waals surface area contributed by atoms with E-state index in [9.17, 15) is 4.79 Å². The highest BCUT2D eigenvalue weighted by Gasteiger charge is 2.48. The molecule has 0 amide bonds. The summed E-state index contributed by atoms with van der Waals surface area (Å²) in [6.45, 7) is 16.7. The molecule has 0 saturated carbocycles. The van der Waals surface area contributed by atoms with Crippen LogP contribution in [0.25, 0.3) is 0 Å². The van der Waals surface area contributed by atoms with Crippen molar-refractivity contribution in [2.75, 3.05) is 0 Å². The van der Waals surface area contributed by atoms with Gasteiger partial charge in [-0.3, -0.25) is 4.79 Å². The molecule has 3 nitrogen and oxygen atoms in total. The number of ether oxygens (including phenoxy) is 1. The van der Waals surface area contributed by atoms with E-state index in [0.29, 0.717) is 18.1 Å². The molecule has 3 heteroatoms. The second-order valence-electron chi connectivity index (χ2n) is 11.1. The largest absolute Gasteiger partial charge is 0.426 e. The second kappa shape index (κ2) is 10.8. The molecule has 0 aromatic heterocycles. The number of hydrogen-bond acceptors (Lipinski definition) is 3. The smallest absolute Gasteiger partial charge is 0.319 e. The molecule has 2 unspecified atom stereocenters. The molecule has 2 N–H and O–H groups in total. The summed E-state index contributed by atoms with van der Waals surface area (Å²) < 4.78 is 5.87.